The van der Waals surface area contributed by atoms with Crippen molar-refractivity contribution in [2.24, 2.45) is 5.92 Å². The number of likely N-dealkylation sites (tertiary alicyclic amines) is 2. The van der Waals surface area contributed by atoms with Gasteiger partial charge in [0.05, 0.1) is 16.9 Å². The topological polar surface area (TPSA) is 63.2 Å². The molecular formula is C29H35F3N6O2. The van der Waals surface area contributed by atoms with Gasteiger partial charge < -0.3 is 14.7 Å². The maximum atomic E-state index is 14.0. The number of halogens is 3. The highest BCUT2D eigenvalue weighted by molar-refractivity contribution is 6.10. The molecule has 0 radical (unpaired) electrons. The van der Waals surface area contributed by atoms with E-state index in [4.69, 9.17) is 0 Å². The van der Waals surface area contributed by atoms with Crippen LogP contribution in [0.3, 0.4) is 0 Å². The first-order valence-electron chi connectivity index (χ1n) is 13.9. The van der Waals surface area contributed by atoms with Gasteiger partial charge in [0.2, 0.25) is 11.8 Å². The predicted molar refractivity (Wildman–Crippen MR) is 147 cm³/mol. The monoisotopic (exact) mass is 556 g/mol. The maximum absolute atomic E-state index is 14.0. The Morgan fingerprint density at radius 2 is 1.77 bits per heavy atom. The zero-order chi connectivity index (χ0) is 28.5. The van der Waals surface area contributed by atoms with Crippen molar-refractivity contribution in [3.05, 3.63) is 47.2 Å². The van der Waals surface area contributed by atoms with Crippen molar-refractivity contribution >= 4 is 29.0 Å². The van der Waals surface area contributed by atoms with Gasteiger partial charge in [-0.1, -0.05) is 12.1 Å². The smallest absolute Gasteiger partial charge is 0.368 e. The highest BCUT2D eigenvalue weighted by atomic mass is 19.4. The Bertz CT molecular complexity index is 1350. The lowest BCUT2D eigenvalue weighted by Gasteiger charge is -2.40. The molecule has 8 nitrogen and oxygen atoms in total. The van der Waals surface area contributed by atoms with Crippen LogP contribution >= 0.6 is 0 Å². The summed E-state index contributed by atoms with van der Waals surface area (Å²) in [7, 11) is 3.86. The van der Waals surface area contributed by atoms with E-state index in [1.807, 2.05) is 25.1 Å². The third-order valence-corrected chi connectivity index (χ3v) is 9.16. The lowest BCUT2D eigenvalue weighted by atomic mass is 9.95. The second-order valence-corrected chi connectivity index (χ2v) is 11.8. The number of piperazine rings is 1. The average molecular weight is 557 g/mol. The van der Waals surface area contributed by atoms with Crippen molar-refractivity contribution in [3.63, 3.8) is 0 Å². The van der Waals surface area contributed by atoms with E-state index in [0.29, 0.717) is 18.6 Å². The fraction of sp³-hybridized carbons (Fsp3) is 0.552. The van der Waals surface area contributed by atoms with Gasteiger partial charge in [-0.15, -0.1) is 0 Å². The van der Waals surface area contributed by atoms with Crippen molar-refractivity contribution in [1.82, 2.24) is 14.8 Å². The SMILES string of the molecule is Cc1cc(C(F)(F)F)cc(N2C(=O)C[C@@H]3CN(CCN4C[C@H]5C[C@@H]4CN5C)c4c(C)cccc4N(C)C(=O)[C@H]32)n1. The quantitative estimate of drug-likeness (QED) is 0.576. The molecule has 0 N–H and O–H groups in total. The molecule has 2 amide bonds. The number of alkyl halides is 3. The number of carbonyl (C=O) groups is 2. The number of amides is 2. The Morgan fingerprint density at radius 1 is 1.00 bits per heavy atom. The van der Waals surface area contributed by atoms with Crippen molar-refractivity contribution in [2.45, 2.75) is 51.0 Å². The van der Waals surface area contributed by atoms with Crippen molar-refractivity contribution in [1.29, 1.82) is 0 Å². The molecular weight excluding hydrogens is 521 g/mol. The third-order valence-electron chi connectivity index (χ3n) is 9.16. The number of likely N-dealkylation sites (N-methyl/N-ethyl adjacent to an activating group) is 2. The van der Waals surface area contributed by atoms with Crippen LogP contribution in [-0.2, 0) is 15.8 Å². The van der Waals surface area contributed by atoms with Crippen LogP contribution in [0.2, 0.25) is 0 Å². The molecule has 3 saturated heterocycles. The minimum Gasteiger partial charge on any atom is -0.368 e. The van der Waals surface area contributed by atoms with E-state index in [1.165, 1.54) is 18.2 Å². The number of fused-ring (bicyclic) bond motifs is 4. The molecule has 4 aliphatic rings. The summed E-state index contributed by atoms with van der Waals surface area (Å²) in [5, 5.41) is 0. The molecule has 11 heteroatoms. The number of pyridine rings is 1. The Kier molecular flexibility index (Phi) is 6.57. The third kappa shape index (κ3) is 4.52. The molecule has 40 heavy (non-hydrogen) atoms. The van der Waals surface area contributed by atoms with Crippen molar-refractivity contribution < 1.29 is 22.8 Å². The molecule has 0 unspecified atom stereocenters. The molecule has 0 aliphatic carbocycles. The number of aryl methyl sites for hydroxylation is 2. The summed E-state index contributed by atoms with van der Waals surface area (Å²) < 4.78 is 40.9. The second kappa shape index (κ2) is 9.73. The molecule has 1 aromatic carbocycles. The van der Waals surface area contributed by atoms with Crippen LogP contribution in [0.1, 0.15) is 29.7 Å². The Morgan fingerprint density at radius 3 is 2.45 bits per heavy atom. The summed E-state index contributed by atoms with van der Waals surface area (Å²) >= 11 is 0. The molecule has 3 fully saturated rings. The standard InChI is InChI=1S/C29H35F3N6O2/c1-17-6-5-7-23-26(17)37(9-8-36-16-21-13-22(36)15-34(21)3)14-19-11-25(39)38(27(19)28(40)35(23)4)24-12-20(29(30,31)32)10-18(2)33-24/h5-7,10,12,19,21-22,27H,8-9,11,13-16H2,1-4H3/t19-,21-,22-,27+/m1/s1. The predicted octanol–water partition coefficient (Wildman–Crippen LogP) is 3.31. The molecule has 2 bridgehead atoms. The lowest BCUT2D eigenvalue weighted by molar-refractivity contribution is -0.137. The van der Waals surface area contributed by atoms with E-state index in [1.54, 1.807) is 11.9 Å². The molecule has 6 rings (SSSR count). The van der Waals surface area contributed by atoms with E-state index in [-0.39, 0.29) is 29.7 Å². The van der Waals surface area contributed by atoms with Gasteiger partial charge in [0.25, 0.3) is 0 Å². The largest absolute Gasteiger partial charge is 0.416 e. The minimum absolute atomic E-state index is 0.0676. The number of anilines is 3. The van der Waals surface area contributed by atoms with Crippen LogP contribution in [0.5, 0.6) is 0 Å². The number of hydrogen-bond acceptors (Lipinski definition) is 6. The maximum Gasteiger partial charge on any atom is 0.416 e. The summed E-state index contributed by atoms with van der Waals surface area (Å²) in [6.45, 7) is 7.63. The van der Waals surface area contributed by atoms with Gasteiger partial charge in [0, 0.05) is 69.9 Å². The highest BCUT2D eigenvalue weighted by Gasteiger charge is 2.49. The van der Waals surface area contributed by atoms with Crippen LogP contribution in [0.15, 0.2) is 30.3 Å². The first-order chi connectivity index (χ1) is 18.9. The van der Waals surface area contributed by atoms with Crippen LogP contribution in [0, 0.1) is 19.8 Å². The first kappa shape index (κ1) is 27.0. The van der Waals surface area contributed by atoms with Crippen LogP contribution in [0.25, 0.3) is 0 Å². The average Bonchev–Trinajstić information content (AvgIpc) is 3.55. The zero-order valence-electron chi connectivity index (χ0n) is 23.3. The number of hydrogen-bond donors (Lipinski definition) is 0. The number of rotatable bonds is 4. The Hall–Kier alpha value is -3.18. The number of carbonyl (C=O) groups excluding carboxylic acids is 2. The van der Waals surface area contributed by atoms with Gasteiger partial charge in [-0.25, -0.2) is 4.98 Å². The van der Waals surface area contributed by atoms with Crippen molar-refractivity contribution in [2.75, 3.05) is 61.5 Å². The fourth-order valence-electron chi connectivity index (χ4n) is 7.18. The molecule has 0 spiro atoms. The van der Waals surface area contributed by atoms with Gasteiger partial charge in [-0.3, -0.25) is 19.4 Å². The number of para-hydroxylation sites is 1. The van der Waals surface area contributed by atoms with E-state index in [2.05, 4.69) is 26.7 Å². The molecule has 2 aromatic rings. The van der Waals surface area contributed by atoms with Gasteiger partial charge in [-0.2, -0.15) is 13.2 Å². The summed E-state index contributed by atoms with van der Waals surface area (Å²) in [5.74, 6) is -1.22. The highest BCUT2D eigenvalue weighted by Crippen LogP contribution is 2.41. The minimum atomic E-state index is -4.59. The zero-order valence-corrected chi connectivity index (χ0v) is 23.3. The Labute approximate surface area is 232 Å². The summed E-state index contributed by atoms with van der Waals surface area (Å²) in [4.78, 5) is 41.7. The molecule has 4 aliphatic heterocycles. The molecule has 1 aromatic heterocycles. The van der Waals surface area contributed by atoms with Gasteiger partial charge in [0.1, 0.15) is 11.9 Å². The van der Waals surface area contributed by atoms with Crippen LogP contribution < -0.4 is 14.7 Å². The molecule has 5 heterocycles. The van der Waals surface area contributed by atoms with E-state index in [0.717, 1.165) is 55.2 Å². The first-order valence-corrected chi connectivity index (χ1v) is 13.9. The second-order valence-electron chi connectivity index (χ2n) is 11.8. The lowest BCUT2D eigenvalue weighted by Crippen LogP contribution is -2.53. The van der Waals surface area contributed by atoms with Crippen molar-refractivity contribution in [3.8, 4) is 0 Å². The van der Waals surface area contributed by atoms with Gasteiger partial charge in [-0.05, 0) is 51.1 Å². The summed E-state index contributed by atoms with van der Waals surface area (Å²) in [6, 6.07) is 7.85. The normalized spacial score (nSPS) is 27.3. The number of aromatic nitrogens is 1. The van der Waals surface area contributed by atoms with Crippen LogP contribution in [-0.4, -0.2) is 91.5 Å². The molecule has 4 atom stereocenters. The van der Waals surface area contributed by atoms with E-state index < -0.39 is 23.7 Å². The fourth-order valence-corrected chi connectivity index (χ4v) is 7.18. The number of nitrogens with zero attached hydrogens (tertiary/aromatic N) is 6. The molecule has 214 valence electrons. The van der Waals surface area contributed by atoms with Gasteiger partial charge in [0.15, 0.2) is 0 Å². The Balaban J connectivity index is 1.35. The molecule has 0 saturated carbocycles. The van der Waals surface area contributed by atoms with E-state index in [9.17, 15) is 22.8 Å². The van der Waals surface area contributed by atoms with Gasteiger partial charge >= 0.3 is 6.18 Å². The van der Waals surface area contributed by atoms with Crippen LogP contribution in [0.4, 0.5) is 30.4 Å². The van der Waals surface area contributed by atoms with E-state index >= 15 is 0 Å². The number of benzene rings is 1. The summed E-state index contributed by atoms with van der Waals surface area (Å²) in [6.07, 6.45) is -3.34. The summed E-state index contributed by atoms with van der Waals surface area (Å²) in [5.41, 5.74) is 2.00.